The Morgan fingerprint density at radius 3 is 2.91 bits per heavy atom. The quantitative estimate of drug-likeness (QED) is 0.721. The number of carboxylic acids is 1. The fraction of sp³-hybridized carbons (Fsp3) is 0.312. The summed E-state index contributed by atoms with van der Waals surface area (Å²) < 4.78 is 5.11. The van der Waals surface area contributed by atoms with Crippen LogP contribution in [0.3, 0.4) is 0 Å². The minimum atomic E-state index is -1.03. The van der Waals surface area contributed by atoms with Gasteiger partial charge in [0.15, 0.2) is 6.61 Å². The van der Waals surface area contributed by atoms with Crippen molar-refractivity contribution in [2.24, 2.45) is 0 Å². The Morgan fingerprint density at radius 1 is 1.35 bits per heavy atom. The van der Waals surface area contributed by atoms with E-state index in [1.54, 1.807) is 24.3 Å². The number of nitrogens with one attached hydrogen (secondary N) is 2. The molecule has 23 heavy (non-hydrogen) atoms. The zero-order valence-corrected chi connectivity index (χ0v) is 12.4. The smallest absolute Gasteiger partial charge is 0.341 e. The molecule has 1 amide bonds. The Morgan fingerprint density at radius 2 is 2.17 bits per heavy atom. The van der Waals surface area contributed by atoms with E-state index in [4.69, 9.17) is 9.84 Å². The molecule has 0 radical (unpaired) electrons. The summed E-state index contributed by atoms with van der Waals surface area (Å²) in [6.45, 7) is -0.0816. The lowest BCUT2D eigenvalue weighted by Crippen LogP contribution is -2.23. The Balaban J connectivity index is 1.55. The molecule has 1 aromatic heterocycles. The average molecular weight is 315 g/mol. The first kappa shape index (κ1) is 15.1. The first-order chi connectivity index (χ1) is 11.1. The lowest BCUT2D eigenvalue weighted by molar-refractivity contribution is -0.139. The van der Waals surface area contributed by atoms with Crippen molar-refractivity contribution in [3.8, 4) is 5.75 Å². The highest BCUT2D eigenvalue weighted by atomic mass is 16.5. The number of carbonyl (C=O) groups is 2. The zero-order valence-electron chi connectivity index (χ0n) is 12.4. The Labute approximate surface area is 132 Å². The van der Waals surface area contributed by atoms with Crippen molar-refractivity contribution in [1.29, 1.82) is 0 Å². The number of ether oxygens (including phenoxy) is 1. The SMILES string of the molecule is O=C(O)COc1cccc(CNC(=O)c2cc(C3CC3)[nH]n2)c1. The van der Waals surface area contributed by atoms with Gasteiger partial charge in [0.25, 0.3) is 5.91 Å². The van der Waals surface area contributed by atoms with E-state index in [1.807, 2.05) is 6.07 Å². The summed E-state index contributed by atoms with van der Waals surface area (Å²) in [5.41, 5.74) is 2.21. The summed E-state index contributed by atoms with van der Waals surface area (Å²) in [5.74, 6) is -0.305. The summed E-state index contributed by atoms with van der Waals surface area (Å²) in [6.07, 6.45) is 2.29. The molecule has 7 heteroatoms. The maximum Gasteiger partial charge on any atom is 0.341 e. The Hall–Kier alpha value is -2.83. The minimum absolute atomic E-state index is 0.245. The second-order valence-electron chi connectivity index (χ2n) is 5.50. The Bertz CT molecular complexity index is 722. The van der Waals surface area contributed by atoms with Crippen LogP contribution >= 0.6 is 0 Å². The summed E-state index contributed by atoms with van der Waals surface area (Å²) in [5, 5.41) is 18.3. The van der Waals surface area contributed by atoms with Gasteiger partial charge in [-0.05, 0) is 36.6 Å². The molecule has 1 aromatic carbocycles. The van der Waals surface area contributed by atoms with Crippen LogP contribution in [-0.4, -0.2) is 33.8 Å². The molecule has 1 fully saturated rings. The van der Waals surface area contributed by atoms with Crippen molar-refractivity contribution in [3.05, 3.63) is 47.3 Å². The largest absolute Gasteiger partial charge is 0.482 e. The number of hydrogen-bond acceptors (Lipinski definition) is 4. The van der Waals surface area contributed by atoms with E-state index >= 15 is 0 Å². The number of carbonyl (C=O) groups excluding carboxylic acids is 1. The zero-order chi connectivity index (χ0) is 16.2. The number of benzene rings is 1. The van der Waals surface area contributed by atoms with Crippen LogP contribution in [0, 0.1) is 0 Å². The fourth-order valence-corrected chi connectivity index (χ4v) is 2.22. The highest BCUT2D eigenvalue weighted by Gasteiger charge is 2.26. The van der Waals surface area contributed by atoms with Gasteiger partial charge in [0.1, 0.15) is 11.4 Å². The maximum absolute atomic E-state index is 12.1. The van der Waals surface area contributed by atoms with E-state index in [0.717, 1.165) is 24.1 Å². The molecule has 0 spiro atoms. The molecule has 120 valence electrons. The van der Waals surface area contributed by atoms with Crippen molar-refractivity contribution in [1.82, 2.24) is 15.5 Å². The molecule has 0 saturated heterocycles. The first-order valence-electron chi connectivity index (χ1n) is 7.39. The number of hydrogen-bond donors (Lipinski definition) is 3. The van der Waals surface area contributed by atoms with E-state index in [-0.39, 0.29) is 5.91 Å². The number of carboxylic acid groups (broad SMARTS) is 1. The number of H-pyrrole nitrogens is 1. The van der Waals surface area contributed by atoms with Crippen LogP contribution in [0.5, 0.6) is 5.75 Å². The van der Waals surface area contributed by atoms with Crippen LogP contribution in [0.4, 0.5) is 0 Å². The molecule has 0 bridgehead atoms. The normalized spacial score (nSPS) is 13.6. The third kappa shape index (κ3) is 4.09. The molecule has 1 aliphatic rings. The summed E-state index contributed by atoms with van der Waals surface area (Å²) in [7, 11) is 0. The van der Waals surface area contributed by atoms with Crippen molar-refractivity contribution in [3.63, 3.8) is 0 Å². The van der Waals surface area contributed by atoms with Gasteiger partial charge >= 0.3 is 5.97 Å². The molecule has 2 aromatic rings. The van der Waals surface area contributed by atoms with Gasteiger partial charge < -0.3 is 15.2 Å². The number of nitrogens with zero attached hydrogens (tertiary/aromatic N) is 1. The number of aliphatic carboxylic acids is 1. The van der Waals surface area contributed by atoms with Crippen molar-refractivity contribution in [2.45, 2.75) is 25.3 Å². The van der Waals surface area contributed by atoms with Gasteiger partial charge in [-0.3, -0.25) is 9.89 Å². The van der Waals surface area contributed by atoms with E-state index in [1.165, 1.54) is 0 Å². The van der Waals surface area contributed by atoms with Gasteiger partial charge in [-0.2, -0.15) is 5.10 Å². The van der Waals surface area contributed by atoms with E-state index < -0.39 is 12.6 Å². The molecular weight excluding hydrogens is 298 g/mol. The van der Waals surface area contributed by atoms with Crippen molar-refractivity contribution < 1.29 is 19.4 Å². The topological polar surface area (TPSA) is 104 Å². The van der Waals surface area contributed by atoms with Crippen LogP contribution in [0.25, 0.3) is 0 Å². The van der Waals surface area contributed by atoms with Crippen molar-refractivity contribution in [2.75, 3.05) is 6.61 Å². The summed E-state index contributed by atoms with van der Waals surface area (Å²) in [6, 6.07) is 8.74. The predicted octanol–water partition coefficient (Wildman–Crippen LogP) is 1.68. The summed E-state index contributed by atoms with van der Waals surface area (Å²) >= 11 is 0. The lowest BCUT2D eigenvalue weighted by atomic mass is 10.2. The molecule has 0 aliphatic heterocycles. The lowest BCUT2D eigenvalue weighted by Gasteiger charge is -2.07. The fourth-order valence-electron chi connectivity index (χ4n) is 2.22. The molecule has 1 aliphatic carbocycles. The second kappa shape index (κ2) is 6.51. The van der Waals surface area contributed by atoms with Crippen LogP contribution in [0.2, 0.25) is 0 Å². The molecule has 3 N–H and O–H groups in total. The van der Waals surface area contributed by atoms with Gasteiger partial charge in [0, 0.05) is 18.2 Å². The third-order valence-corrected chi connectivity index (χ3v) is 3.56. The molecule has 3 rings (SSSR count). The molecule has 1 saturated carbocycles. The van der Waals surface area contributed by atoms with Crippen LogP contribution in [-0.2, 0) is 11.3 Å². The van der Waals surface area contributed by atoms with Gasteiger partial charge in [0.2, 0.25) is 0 Å². The second-order valence-corrected chi connectivity index (χ2v) is 5.50. The number of rotatable bonds is 7. The van der Waals surface area contributed by atoms with E-state index in [9.17, 15) is 9.59 Å². The van der Waals surface area contributed by atoms with Crippen molar-refractivity contribution >= 4 is 11.9 Å². The van der Waals surface area contributed by atoms with Crippen LogP contribution < -0.4 is 10.1 Å². The third-order valence-electron chi connectivity index (χ3n) is 3.56. The highest BCUT2D eigenvalue weighted by Crippen LogP contribution is 2.38. The number of aromatic nitrogens is 2. The standard InChI is InChI=1S/C16H17N3O4/c20-15(21)9-23-12-3-1-2-10(6-12)8-17-16(22)14-7-13(18-19-14)11-4-5-11/h1-3,6-7,11H,4-5,8-9H2,(H,17,22)(H,18,19)(H,20,21). The number of aromatic amines is 1. The monoisotopic (exact) mass is 315 g/mol. The molecule has 0 atom stereocenters. The van der Waals surface area contributed by atoms with Gasteiger partial charge in [-0.1, -0.05) is 12.1 Å². The average Bonchev–Trinajstić information content (AvgIpc) is 3.28. The molecule has 7 nitrogen and oxygen atoms in total. The van der Waals surface area contributed by atoms with Crippen LogP contribution in [0.15, 0.2) is 30.3 Å². The van der Waals surface area contributed by atoms with E-state index in [2.05, 4.69) is 15.5 Å². The molecule has 0 unspecified atom stereocenters. The Kier molecular flexibility index (Phi) is 4.27. The van der Waals surface area contributed by atoms with Crippen LogP contribution in [0.1, 0.15) is 40.5 Å². The van der Waals surface area contributed by atoms with E-state index in [0.29, 0.717) is 23.9 Å². The highest BCUT2D eigenvalue weighted by molar-refractivity contribution is 5.92. The first-order valence-corrected chi connectivity index (χ1v) is 7.39. The number of amides is 1. The van der Waals surface area contributed by atoms with Gasteiger partial charge in [-0.25, -0.2) is 4.79 Å². The maximum atomic E-state index is 12.1. The summed E-state index contributed by atoms with van der Waals surface area (Å²) in [4.78, 5) is 22.6. The molecular formula is C16H17N3O4. The van der Waals surface area contributed by atoms with Gasteiger partial charge in [0.05, 0.1) is 0 Å². The minimum Gasteiger partial charge on any atom is -0.482 e. The molecule has 1 heterocycles. The predicted molar refractivity (Wildman–Crippen MR) is 81.3 cm³/mol. The van der Waals surface area contributed by atoms with Gasteiger partial charge in [-0.15, -0.1) is 0 Å².